The van der Waals surface area contributed by atoms with Gasteiger partial charge in [-0.25, -0.2) is 0 Å². The van der Waals surface area contributed by atoms with E-state index in [2.05, 4.69) is 29.8 Å². The standard InChI is InChI=1S/C31H48N4O4S.ClH/c1-4-32-25-19-24(20-26(21-25)35-16-10-11-17-40(35,38)39)30(37)34-27(18-23-12-6-5-7-13-23)28(36)22-33-29-14-8-9-15-31(29,2)3;/h5-7,12-13,19-21,27-29,32-33,36,38-39H,4,8-11,14-18,22H2,1-3H3,(H,34,37);1H/t27-,28+,29?;/m0./s1. The van der Waals surface area contributed by atoms with Gasteiger partial charge in [0.15, 0.2) is 0 Å². The third kappa shape index (κ3) is 8.99. The fourth-order valence-electron chi connectivity index (χ4n) is 5.98. The largest absolute Gasteiger partial charge is 0.390 e. The summed E-state index contributed by atoms with van der Waals surface area (Å²) < 4.78 is 23.1. The van der Waals surface area contributed by atoms with Crippen LogP contribution in [0, 0.1) is 5.41 Å². The first kappa shape index (κ1) is 33.5. The Kier molecular flexibility index (Phi) is 12.2. The van der Waals surface area contributed by atoms with Gasteiger partial charge in [-0.1, -0.05) is 57.0 Å². The van der Waals surface area contributed by atoms with Crippen molar-refractivity contribution < 1.29 is 19.0 Å². The van der Waals surface area contributed by atoms with Crippen LogP contribution < -0.4 is 20.3 Å². The highest BCUT2D eigenvalue weighted by atomic mass is 35.5. The molecule has 41 heavy (non-hydrogen) atoms. The zero-order valence-electron chi connectivity index (χ0n) is 24.6. The number of amides is 1. The molecule has 0 spiro atoms. The maximum atomic E-state index is 13.7. The summed E-state index contributed by atoms with van der Waals surface area (Å²) in [7, 11) is -2.93. The highest BCUT2D eigenvalue weighted by molar-refractivity contribution is 8.25. The van der Waals surface area contributed by atoms with E-state index < -0.39 is 22.9 Å². The second kappa shape index (κ2) is 14.9. The van der Waals surface area contributed by atoms with Crippen molar-refractivity contribution in [3.63, 3.8) is 0 Å². The van der Waals surface area contributed by atoms with E-state index >= 15 is 0 Å². The highest BCUT2D eigenvalue weighted by Crippen LogP contribution is 2.50. The van der Waals surface area contributed by atoms with Gasteiger partial charge >= 0.3 is 0 Å². The van der Waals surface area contributed by atoms with E-state index in [9.17, 15) is 19.0 Å². The molecular formula is C31H49ClN4O4S. The van der Waals surface area contributed by atoms with Crippen molar-refractivity contribution in [1.29, 1.82) is 0 Å². The number of carbonyl (C=O) groups is 1. The van der Waals surface area contributed by atoms with Gasteiger partial charge in [-0.2, -0.15) is 0 Å². The SMILES string of the molecule is CCNc1cc(C(=O)N[C@@H](Cc2ccccc2)[C@H](O)CNC2CCCCC2(C)C)cc(N2CCCCS2(O)O)c1.Cl. The molecule has 2 aliphatic rings. The van der Waals surface area contributed by atoms with Crippen LogP contribution in [-0.4, -0.2) is 63.7 Å². The molecule has 0 radical (unpaired) electrons. The summed E-state index contributed by atoms with van der Waals surface area (Å²) in [6.07, 6.45) is 6.02. The van der Waals surface area contributed by atoms with E-state index in [1.807, 2.05) is 43.3 Å². The topological polar surface area (TPSA) is 117 Å². The summed E-state index contributed by atoms with van der Waals surface area (Å²) in [6.45, 7) is 8.13. The number of rotatable bonds is 11. The summed E-state index contributed by atoms with van der Waals surface area (Å²) in [5.41, 5.74) is 2.98. The van der Waals surface area contributed by atoms with Crippen molar-refractivity contribution in [2.75, 3.05) is 35.0 Å². The summed E-state index contributed by atoms with van der Waals surface area (Å²) in [6, 6.07) is 15.1. The van der Waals surface area contributed by atoms with Crippen LogP contribution in [0.15, 0.2) is 48.5 Å². The fourth-order valence-corrected chi connectivity index (χ4v) is 7.65. The summed E-state index contributed by atoms with van der Waals surface area (Å²) >= 11 is 0. The molecule has 2 fully saturated rings. The maximum absolute atomic E-state index is 13.7. The number of aliphatic hydroxyl groups is 1. The molecule has 8 nitrogen and oxygen atoms in total. The molecule has 1 heterocycles. The minimum absolute atomic E-state index is 0. The van der Waals surface area contributed by atoms with E-state index in [1.165, 1.54) is 12.8 Å². The smallest absolute Gasteiger partial charge is 0.251 e. The third-order valence-corrected chi connectivity index (χ3v) is 10.3. The number of hydrogen-bond donors (Lipinski definition) is 6. The van der Waals surface area contributed by atoms with Crippen LogP contribution in [0.5, 0.6) is 0 Å². The first-order chi connectivity index (χ1) is 19.1. The number of carbonyl (C=O) groups excluding carboxylic acids is 1. The molecule has 6 N–H and O–H groups in total. The van der Waals surface area contributed by atoms with Crippen molar-refractivity contribution in [1.82, 2.24) is 10.6 Å². The number of nitrogens with one attached hydrogen (secondary N) is 3. The van der Waals surface area contributed by atoms with Gasteiger partial charge in [0.05, 0.1) is 23.6 Å². The fraction of sp³-hybridized carbons (Fsp3) is 0.581. The second-order valence-corrected chi connectivity index (χ2v) is 14.1. The Labute approximate surface area is 253 Å². The minimum Gasteiger partial charge on any atom is -0.390 e. The summed E-state index contributed by atoms with van der Waals surface area (Å²) in [5, 5.41) is 21.4. The number of halogens is 1. The molecule has 1 aliphatic carbocycles. The maximum Gasteiger partial charge on any atom is 0.251 e. The summed E-state index contributed by atoms with van der Waals surface area (Å²) in [5.74, 6) is 0.0308. The van der Waals surface area contributed by atoms with Gasteiger partial charge in [0.25, 0.3) is 5.91 Å². The second-order valence-electron chi connectivity index (χ2n) is 12.0. The van der Waals surface area contributed by atoms with Crippen LogP contribution in [0.2, 0.25) is 0 Å². The molecule has 1 amide bonds. The molecule has 2 aromatic carbocycles. The Morgan fingerprint density at radius 2 is 1.85 bits per heavy atom. The van der Waals surface area contributed by atoms with E-state index in [0.29, 0.717) is 49.1 Å². The van der Waals surface area contributed by atoms with Crippen LogP contribution in [0.4, 0.5) is 11.4 Å². The van der Waals surface area contributed by atoms with Crippen LogP contribution in [0.3, 0.4) is 0 Å². The minimum atomic E-state index is -2.93. The highest BCUT2D eigenvalue weighted by Gasteiger charge is 2.33. The van der Waals surface area contributed by atoms with Crippen LogP contribution in [0.25, 0.3) is 0 Å². The molecule has 10 heteroatoms. The predicted molar refractivity (Wildman–Crippen MR) is 174 cm³/mol. The molecule has 0 bridgehead atoms. The van der Waals surface area contributed by atoms with Crippen molar-refractivity contribution in [3.05, 3.63) is 59.7 Å². The molecular weight excluding hydrogens is 560 g/mol. The van der Waals surface area contributed by atoms with Crippen LogP contribution >= 0.6 is 23.2 Å². The molecule has 2 aromatic rings. The Morgan fingerprint density at radius 3 is 2.54 bits per heavy atom. The molecule has 1 saturated carbocycles. The average molecular weight is 609 g/mol. The van der Waals surface area contributed by atoms with Crippen LogP contribution in [0.1, 0.15) is 75.2 Å². The third-order valence-electron chi connectivity index (χ3n) is 8.39. The van der Waals surface area contributed by atoms with Gasteiger partial charge < -0.3 is 21.1 Å². The molecule has 3 atom stereocenters. The Morgan fingerprint density at radius 1 is 1.10 bits per heavy atom. The zero-order chi connectivity index (χ0) is 28.8. The number of benzene rings is 2. The Bertz CT molecular complexity index is 1120. The van der Waals surface area contributed by atoms with Crippen molar-refractivity contribution in [2.45, 2.75) is 83.9 Å². The van der Waals surface area contributed by atoms with E-state index in [0.717, 1.165) is 36.9 Å². The van der Waals surface area contributed by atoms with Crippen molar-refractivity contribution in [3.8, 4) is 0 Å². The predicted octanol–water partition coefficient (Wildman–Crippen LogP) is 6.07. The molecule has 1 aliphatic heterocycles. The monoisotopic (exact) mass is 608 g/mol. The van der Waals surface area contributed by atoms with Crippen molar-refractivity contribution >= 4 is 40.5 Å². The lowest BCUT2D eigenvalue weighted by molar-refractivity contribution is 0.0783. The van der Waals surface area contributed by atoms with E-state index in [4.69, 9.17) is 0 Å². The van der Waals surface area contributed by atoms with Gasteiger partial charge in [0.2, 0.25) is 0 Å². The number of aliphatic hydroxyl groups excluding tert-OH is 1. The molecule has 4 rings (SSSR count). The Balaban J connectivity index is 0.00000462. The lowest BCUT2D eigenvalue weighted by Crippen LogP contribution is -2.52. The van der Waals surface area contributed by atoms with Gasteiger partial charge in [-0.05, 0) is 68.2 Å². The number of anilines is 2. The first-order valence-electron chi connectivity index (χ1n) is 14.8. The van der Waals surface area contributed by atoms with Crippen LogP contribution in [-0.2, 0) is 6.42 Å². The lowest BCUT2D eigenvalue weighted by Gasteiger charge is -2.47. The number of nitrogens with zero attached hydrogens (tertiary/aromatic N) is 1. The molecule has 1 unspecified atom stereocenters. The van der Waals surface area contributed by atoms with Gasteiger partial charge in [-0.15, -0.1) is 23.2 Å². The first-order valence-corrected chi connectivity index (χ1v) is 16.4. The van der Waals surface area contributed by atoms with E-state index in [-0.39, 0.29) is 23.7 Å². The lowest BCUT2D eigenvalue weighted by atomic mass is 9.73. The quantitative estimate of drug-likeness (QED) is 0.183. The normalized spacial score (nSPS) is 22.1. The summed E-state index contributed by atoms with van der Waals surface area (Å²) in [4.78, 5) is 13.7. The number of hydrogen-bond acceptors (Lipinski definition) is 7. The average Bonchev–Trinajstić information content (AvgIpc) is 2.92. The van der Waals surface area contributed by atoms with Gasteiger partial charge in [0, 0.05) is 36.9 Å². The molecule has 1 saturated heterocycles. The Hall–Kier alpha value is -2.01. The van der Waals surface area contributed by atoms with Crippen molar-refractivity contribution in [2.24, 2.45) is 5.41 Å². The van der Waals surface area contributed by atoms with Gasteiger partial charge in [-0.3, -0.25) is 18.2 Å². The molecule has 0 aromatic heterocycles. The van der Waals surface area contributed by atoms with E-state index in [1.54, 1.807) is 16.4 Å². The zero-order valence-corrected chi connectivity index (χ0v) is 26.3. The molecule has 230 valence electrons. The van der Waals surface area contributed by atoms with Gasteiger partial charge in [0.1, 0.15) is 0 Å².